The SMILES string of the molecule is COc1cc(C(C)=NN=c2sc3ccccc3n2C)ccc1NC(C)=O. The number of ether oxygens (including phenoxy) is 1. The number of thiazole rings is 1. The van der Waals surface area contributed by atoms with E-state index in [-0.39, 0.29) is 5.91 Å². The van der Waals surface area contributed by atoms with Gasteiger partial charge >= 0.3 is 0 Å². The lowest BCUT2D eigenvalue weighted by molar-refractivity contribution is -0.114. The molecule has 2 aromatic carbocycles. The van der Waals surface area contributed by atoms with Crippen LogP contribution in [0.2, 0.25) is 0 Å². The minimum Gasteiger partial charge on any atom is -0.495 e. The number of rotatable bonds is 4. The van der Waals surface area contributed by atoms with Crippen LogP contribution in [0.3, 0.4) is 0 Å². The molecule has 0 bridgehead atoms. The number of hydrogen-bond acceptors (Lipinski definition) is 5. The number of para-hydroxylation sites is 1. The zero-order valence-electron chi connectivity index (χ0n) is 15.1. The monoisotopic (exact) mass is 368 g/mol. The second kappa shape index (κ2) is 7.53. The highest BCUT2D eigenvalue weighted by Gasteiger charge is 2.08. The molecular weight excluding hydrogens is 348 g/mol. The largest absolute Gasteiger partial charge is 0.495 e. The second-order valence-electron chi connectivity index (χ2n) is 5.79. The number of amides is 1. The van der Waals surface area contributed by atoms with Crippen molar-refractivity contribution in [2.24, 2.45) is 17.3 Å². The average Bonchev–Trinajstić information content (AvgIpc) is 2.96. The first kappa shape index (κ1) is 17.9. The Labute approximate surface area is 155 Å². The van der Waals surface area contributed by atoms with Crippen molar-refractivity contribution in [1.29, 1.82) is 0 Å². The summed E-state index contributed by atoms with van der Waals surface area (Å²) in [5.74, 6) is 0.438. The summed E-state index contributed by atoms with van der Waals surface area (Å²) in [5.41, 5.74) is 3.40. The number of carbonyl (C=O) groups excluding carboxylic acids is 1. The van der Waals surface area contributed by atoms with E-state index in [2.05, 4.69) is 27.7 Å². The van der Waals surface area contributed by atoms with Crippen molar-refractivity contribution in [3.05, 3.63) is 52.8 Å². The van der Waals surface area contributed by atoms with Crippen molar-refractivity contribution in [3.8, 4) is 5.75 Å². The lowest BCUT2D eigenvalue weighted by Gasteiger charge is -2.10. The van der Waals surface area contributed by atoms with E-state index in [4.69, 9.17) is 4.74 Å². The van der Waals surface area contributed by atoms with Crippen molar-refractivity contribution in [2.75, 3.05) is 12.4 Å². The van der Waals surface area contributed by atoms with E-state index in [0.717, 1.165) is 21.6 Å². The minimum absolute atomic E-state index is 0.145. The smallest absolute Gasteiger partial charge is 0.221 e. The molecular formula is C19H20N4O2S. The number of carbonyl (C=O) groups is 1. The summed E-state index contributed by atoms with van der Waals surface area (Å²) < 4.78 is 8.55. The Morgan fingerprint density at radius 2 is 1.96 bits per heavy atom. The summed E-state index contributed by atoms with van der Waals surface area (Å²) in [6.07, 6.45) is 0. The number of aromatic nitrogens is 1. The maximum Gasteiger partial charge on any atom is 0.221 e. The zero-order valence-corrected chi connectivity index (χ0v) is 15.9. The molecule has 1 amide bonds. The molecule has 3 aromatic rings. The number of benzene rings is 2. The van der Waals surface area contributed by atoms with E-state index >= 15 is 0 Å². The summed E-state index contributed by atoms with van der Waals surface area (Å²) in [5, 5.41) is 11.5. The highest BCUT2D eigenvalue weighted by Crippen LogP contribution is 2.26. The lowest BCUT2D eigenvalue weighted by atomic mass is 10.1. The highest BCUT2D eigenvalue weighted by molar-refractivity contribution is 7.16. The van der Waals surface area contributed by atoms with Crippen LogP contribution >= 0.6 is 11.3 Å². The van der Waals surface area contributed by atoms with Crippen molar-refractivity contribution in [3.63, 3.8) is 0 Å². The molecule has 0 spiro atoms. The van der Waals surface area contributed by atoms with Gasteiger partial charge in [-0.3, -0.25) is 4.79 Å². The molecule has 7 heteroatoms. The third-order valence-electron chi connectivity index (χ3n) is 3.93. The first-order chi connectivity index (χ1) is 12.5. The maximum absolute atomic E-state index is 11.3. The van der Waals surface area contributed by atoms with Gasteiger partial charge in [0.25, 0.3) is 0 Å². The number of aryl methyl sites for hydroxylation is 1. The molecule has 1 heterocycles. The molecule has 0 saturated carbocycles. The molecule has 1 aromatic heterocycles. The van der Waals surface area contributed by atoms with Crippen LogP contribution in [-0.4, -0.2) is 23.3 Å². The third-order valence-corrected chi connectivity index (χ3v) is 5.03. The van der Waals surface area contributed by atoms with Crippen molar-refractivity contribution >= 4 is 38.9 Å². The number of hydrogen-bond donors (Lipinski definition) is 1. The van der Waals surface area contributed by atoms with E-state index < -0.39 is 0 Å². The fraction of sp³-hybridized carbons (Fsp3) is 0.211. The Bertz CT molecular complexity index is 1060. The first-order valence-electron chi connectivity index (χ1n) is 8.08. The summed E-state index contributed by atoms with van der Waals surface area (Å²) in [6.45, 7) is 3.35. The van der Waals surface area contributed by atoms with Gasteiger partial charge in [-0.05, 0) is 31.2 Å². The Balaban J connectivity index is 1.96. The van der Waals surface area contributed by atoms with E-state index in [1.807, 2.05) is 42.8 Å². The van der Waals surface area contributed by atoms with Crippen LogP contribution in [0.4, 0.5) is 5.69 Å². The van der Waals surface area contributed by atoms with Gasteiger partial charge in [0.05, 0.1) is 28.7 Å². The Morgan fingerprint density at radius 3 is 2.65 bits per heavy atom. The van der Waals surface area contributed by atoms with Gasteiger partial charge in [-0.25, -0.2) is 0 Å². The molecule has 134 valence electrons. The summed E-state index contributed by atoms with van der Waals surface area (Å²) >= 11 is 1.60. The Hall–Kier alpha value is -2.93. The van der Waals surface area contributed by atoms with Gasteiger partial charge in [-0.15, -0.1) is 5.10 Å². The van der Waals surface area contributed by atoms with Crippen molar-refractivity contribution < 1.29 is 9.53 Å². The second-order valence-corrected chi connectivity index (χ2v) is 6.80. The molecule has 1 N–H and O–H groups in total. The first-order valence-corrected chi connectivity index (χ1v) is 8.90. The molecule has 0 atom stereocenters. The Morgan fingerprint density at radius 1 is 1.19 bits per heavy atom. The summed E-state index contributed by atoms with van der Waals surface area (Å²) in [7, 11) is 3.55. The predicted octanol–water partition coefficient (Wildman–Crippen LogP) is 3.53. The molecule has 0 aliphatic rings. The van der Waals surface area contributed by atoms with Gasteiger partial charge in [0.15, 0.2) is 0 Å². The zero-order chi connectivity index (χ0) is 18.7. The number of fused-ring (bicyclic) bond motifs is 1. The van der Waals surface area contributed by atoms with Crippen LogP contribution in [0.1, 0.15) is 19.4 Å². The van der Waals surface area contributed by atoms with Gasteiger partial charge in [0.1, 0.15) is 5.75 Å². The van der Waals surface area contributed by atoms with Crippen LogP contribution < -0.4 is 14.9 Å². The van der Waals surface area contributed by atoms with E-state index in [9.17, 15) is 4.79 Å². The van der Waals surface area contributed by atoms with E-state index in [0.29, 0.717) is 11.4 Å². The summed E-state index contributed by atoms with van der Waals surface area (Å²) in [6, 6.07) is 13.7. The molecule has 26 heavy (non-hydrogen) atoms. The highest BCUT2D eigenvalue weighted by atomic mass is 32.1. The van der Waals surface area contributed by atoms with Crippen LogP contribution in [0.5, 0.6) is 5.75 Å². The quantitative estimate of drug-likeness (QED) is 0.565. The maximum atomic E-state index is 11.3. The van der Waals surface area contributed by atoms with Gasteiger partial charge < -0.3 is 14.6 Å². The molecule has 0 unspecified atom stereocenters. The van der Waals surface area contributed by atoms with Gasteiger partial charge in [0, 0.05) is 19.5 Å². The van der Waals surface area contributed by atoms with Crippen LogP contribution in [0.15, 0.2) is 52.7 Å². The van der Waals surface area contributed by atoms with Gasteiger partial charge in [-0.2, -0.15) is 5.10 Å². The van der Waals surface area contributed by atoms with Gasteiger partial charge in [0.2, 0.25) is 10.7 Å². The van der Waals surface area contributed by atoms with Crippen LogP contribution in [-0.2, 0) is 11.8 Å². The Kier molecular flexibility index (Phi) is 5.18. The minimum atomic E-state index is -0.145. The predicted molar refractivity (Wildman–Crippen MR) is 106 cm³/mol. The number of anilines is 1. The molecule has 0 saturated heterocycles. The molecule has 0 aliphatic heterocycles. The molecule has 6 nitrogen and oxygen atoms in total. The van der Waals surface area contributed by atoms with E-state index in [1.165, 1.54) is 11.6 Å². The van der Waals surface area contributed by atoms with Crippen LogP contribution in [0.25, 0.3) is 10.2 Å². The third kappa shape index (κ3) is 3.67. The number of nitrogens with zero attached hydrogens (tertiary/aromatic N) is 3. The molecule has 0 radical (unpaired) electrons. The lowest BCUT2D eigenvalue weighted by Crippen LogP contribution is -2.10. The average molecular weight is 368 g/mol. The number of methoxy groups -OCH3 is 1. The standard InChI is InChI=1S/C19H20N4O2S/c1-12(14-9-10-15(20-13(2)24)17(11-14)25-4)21-22-19-23(3)16-7-5-6-8-18(16)26-19/h5-11H,1-4H3,(H,20,24). The normalized spacial score (nSPS) is 12.5. The van der Waals surface area contributed by atoms with E-state index in [1.54, 1.807) is 24.5 Å². The fourth-order valence-corrected chi connectivity index (χ4v) is 3.53. The molecule has 0 aliphatic carbocycles. The van der Waals surface area contributed by atoms with Crippen LogP contribution in [0, 0.1) is 0 Å². The number of nitrogens with one attached hydrogen (secondary N) is 1. The summed E-state index contributed by atoms with van der Waals surface area (Å²) in [4.78, 5) is 12.1. The van der Waals surface area contributed by atoms with Crippen molar-refractivity contribution in [2.45, 2.75) is 13.8 Å². The molecule has 3 rings (SSSR count). The molecule has 0 fully saturated rings. The fourth-order valence-electron chi connectivity index (χ4n) is 2.56. The topological polar surface area (TPSA) is 68.0 Å². The van der Waals surface area contributed by atoms with Crippen molar-refractivity contribution in [1.82, 2.24) is 4.57 Å². The van der Waals surface area contributed by atoms with Gasteiger partial charge in [-0.1, -0.05) is 29.5 Å².